The number of nitrogens with zero attached hydrogens (tertiary/aromatic N) is 1. The minimum Gasteiger partial charge on any atom is -0.585 e. The zero-order valence-corrected chi connectivity index (χ0v) is 16.4. The van der Waals surface area contributed by atoms with Crippen molar-refractivity contribution < 1.29 is 8.97 Å². The topological polar surface area (TPSA) is 76.9 Å². The Bertz CT molecular complexity index is 998. The zero-order chi connectivity index (χ0) is 18.6. The summed E-state index contributed by atoms with van der Waals surface area (Å²) in [6, 6.07) is 15.6. The van der Waals surface area contributed by atoms with Gasteiger partial charge in [0.05, 0.1) is 11.9 Å². The van der Waals surface area contributed by atoms with Gasteiger partial charge in [-0.2, -0.15) is 9.82 Å². The van der Waals surface area contributed by atoms with E-state index in [2.05, 4.69) is 27.1 Å². The lowest BCUT2D eigenvalue weighted by atomic mass is 10.2. The number of hydrogen-bond acceptors (Lipinski definition) is 5. The van der Waals surface area contributed by atoms with Crippen molar-refractivity contribution >= 4 is 39.8 Å². The summed E-state index contributed by atoms with van der Waals surface area (Å²) in [4.78, 5) is 1.06. The fourth-order valence-corrected chi connectivity index (χ4v) is 4.66. The number of benzene rings is 2. The lowest BCUT2D eigenvalue weighted by molar-refractivity contribution is 0.484. The Morgan fingerprint density at radius 2 is 2.11 bits per heavy atom. The van der Waals surface area contributed by atoms with Gasteiger partial charge in [0.1, 0.15) is 16.9 Å². The van der Waals surface area contributed by atoms with Gasteiger partial charge in [0.25, 0.3) is 0 Å². The van der Waals surface area contributed by atoms with Gasteiger partial charge in [0, 0.05) is 28.3 Å². The molecule has 2 aromatic heterocycles. The SMILES string of the molecule is Cc1ccc(SCCc2cn[nH]c2)c(N[S+]([O-])c2cc3ccccc3o2)c1. The number of furan rings is 1. The number of rotatable bonds is 7. The molecule has 138 valence electrons. The van der Waals surface area contributed by atoms with Crippen LogP contribution in [0.15, 0.2) is 75.3 Å². The van der Waals surface area contributed by atoms with Gasteiger partial charge in [-0.25, -0.2) is 0 Å². The average Bonchev–Trinajstić information content (AvgIpc) is 3.33. The molecule has 0 saturated heterocycles. The van der Waals surface area contributed by atoms with Crippen LogP contribution in [-0.4, -0.2) is 20.5 Å². The standard InChI is InChI=1S/C20H19N3O2S2/c1-14-6-7-19(26-9-8-15-12-21-22-13-15)17(10-14)23-27(24)20-11-16-4-2-3-5-18(16)25-20/h2-7,10-13,23H,8-9H2,1H3,(H,21,22). The molecular formula is C20H19N3O2S2. The van der Waals surface area contributed by atoms with Gasteiger partial charge in [-0.1, -0.05) is 24.3 Å². The van der Waals surface area contributed by atoms with Crippen molar-refractivity contribution in [2.24, 2.45) is 0 Å². The van der Waals surface area contributed by atoms with Crippen LogP contribution in [0.2, 0.25) is 0 Å². The highest BCUT2D eigenvalue weighted by Crippen LogP contribution is 2.31. The van der Waals surface area contributed by atoms with Gasteiger partial charge in [-0.3, -0.25) is 5.10 Å². The third-order valence-corrected chi connectivity index (χ3v) is 6.17. The van der Waals surface area contributed by atoms with Crippen LogP contribution >= 0.6 is 11.8 Å². The summed E-state index contributed by atoms with van der Waals surface area (Å²) < 4.78 is 21.6. The van der Waals surface area contributed by atoms with Crippen molar-refractivity contribution in [3.63, 3.8) is 0 Å². The Morgan fingerprint density at radius 1 is 1.22 bits per heavy atom. The highest BCUT2D eigenvalue weighted by atomic mass is 32.2. The Hall–Kier alpha value is -2.35. The lowest BCUT2D eigenvalue weighted by Gasteiger charge is -2.13. The Morgan fingerprint density at radius 3 is 2.93 bits per heavy atom. The molecule has 0 saturated carbocycles. The van der Waals surface area contributed by atoms with E-state index in [-0.39, 0.29) is 0 Å². The molecule has 0 aliphatic heterocycles. The number of thioether (sulfide) groups is 1. The minimum absolute atomic E-state index is 0.423. The summed E-state index contributed by atoms with van der Waals surface area (Å²) in [6.45, 7) is 2.02. The van der Waals surface area contributed by atoms with Crippen molar-refractivity contribution in [1.82, 2.24) is 10.2 Å². The van der Waals surface area contributed by atoms with E-state index in [1.54, 1.807) is 11.8 Å². The summed E-state index contributed by atoms with van der Waals surface area (Å²) in [5.74, 6) is 0.911. The van der Waals surface area contributed by atoms with Crippen LogP contribution in [0.5, 0.6) is 0 Å². The molecule has 2 N–H and O–H groups in total. The quantitative estimate of drug-likeness (QED) is 0.341. The fourth-order valence-electron chi connectivity index (χ4n) is 2.74. The molecule has 4 aromatic rings. The van der Waals surface area contributed by atoms with Gasteiger partial charge in [-0.15, -0.1) is 11.8 Å². The van der Waals surface area contributed by atoms with Crippen LogP contribution in [0.4, 0.5) is 5.69 Å². The molecule has 1 atom stereocenters. The number of anilines is 1. The molecule has 1 unspecified atom stereocenters. The van der Waals surface area contributed by atoms with E-state index < -0.39 is 11.4 Å². The second-order valence-electron chi connectivity index (χ2n) is 6.18. The number of aromatic nitrogens is 2. The van der Waals surface area contributed by atoms with Crippen molar-refractivity contribution in [2.45, 2.75) is 23.3 Å². The first-order chi connectivity index (χ1) is 13.2. The molecule has 2 heterocycles. The zero-order valence-electron chi connectivity index (χ0n) is 14.8. The van der Waals surface area contributed by atoms with Gasteiger partial charge in [0.15, 0.2) is 0 Å². The van der Waals surface area contributed by atoms with E-state index in [1.807, 2.05) is 55.7 Å². The maximum atomic E-state index is 12.8. The lowest BCUT2D eigenvalue weighted by Crippen LogP contribution is -2.13. The van der Waals surface area contributed by atoms with E-state index >= 15 is 0 Å². The molecule has 4 rings (SSSR count). The number of H-pyrrole nitrogens is 1. The fraction of sp³-hybridized carbons (Fsp3) is 0.150. The number of fused-ring (bicyclic) bond motifs is 1. The van der Waals surface area contributed by atoms with E-state index in [0.29, 0.717) is 5.09 Å². The van der Waals surface area contributed by atoms with Crippen LogP contribution in [0.25, 0.3) is 11.0 Å². The average molecular weight is 398 g/mol. The second kappa shape index (κ2) is 8.12. The molecule has 0 radical (unpaired) electrons. The molecule has 2 aromatic carbocycles. The van der Waals surface area contributed by atoms with Crippen molar-refractivity contribution in [3.8, 4) is 0 Å². The number of hydrogen-bond donors (Lipinski definition) is 2. The first kappa shape index (κ1) is 18.0. The summed E-state index contributed by atoms with van der Waals surface area (Å²) >= 11 is 0.261. The van der Waals surface area contributed by atoms with E-state index in [9.17, 15) is 4.55 Å². The van der Waals surface area contributed by atoms with Gasteiger partial charge in [-0.05, 0) is 42.7 Å². The highest BCUT2D eigenvalue weighted by molar-refractivity contribution is 7.99. The van der Waals surface area contributed by atoms with Crippen molar-refractivity contribution in [3.05, 3.63) is 72.1 Å². The van der Waals surface area contributed by atoms with Crippen LogP contribution in [0.3, 0.4) is 0 Å². The molecule has 7 heteroatoms. The molecule has 5 nitrogen and oxygen atoms in total. The molecule has 0 amide bonds. The molecule has 0 bridgehead atoms. The Balaban J connectivity index is 1.49. The predicted octanol–water partition coefficient (Wildman–Crippen LogP) is 4.93. The molecule has 27 heavy (non-hydrogen) atoms. The van der Waals surface area contributed by atoms with Crippen LogP contribution in [-0.2, 0) is 17.8 Å². The predicted molar refractivity (Wildman–Crippen MR) is 110 cm³/mol. The van der Waals surface area contributed by atoms with Crippen molar-refractivity contribution in [1.29, 1.82) is 0 Å². The number of nitrogens with one attached hydrogen (secondary N) is 2. The van der Waals surface area contributed by atoms with Crippen LogP contribution in [0.1, 0.15) is 11.1 Å². The van der Waals surface area contributed by atoms with Crippen molar-refractivity contribution in [2.75, 3.05) is 10.5 Å². The summed E-state index contributed by atoms with van der Waals surface area (Å²) in [7, 11) is 0. The summed E-state index contributed by atoms with van der Waals surface area (Å²) in [5.41, 5.74) is 3.88. The summed E-state index contributed by atoms with van der Waals surface area (Å²) in [5, 5.41) is 8.17. The maximum Gasteiger partial charge on any atom is 0.339 e. The van der Waals surface area contributed by atoms with Crippen LogP contribution in [0, 0.1) is 6.92 Å². The highest BCUT2D eigenvalue weighted by Gasteiger charge is 2.19. The van der Waals surface area contributed by atoms with Gasteiger partial charge >= 0.3 is 5.09 Å². The molecule has 0 aliphatic carbocycles. The summed E-state index contributed by atoms with van der Waals surface area (Å²) in [6.07, 6.45) is 4.66. The number of aromatic amines is 1. The largest absolute Gasteiger partial charge is 0.585 e. The third kappa shape index (κ3) is 4.32. The van der Waals surface area contributed by atoms with Gasteiger partial charge < -0.3 is 8.97 Å². The normalized spacial score (nSPS) is 12.4. The van der Waals surface area contributed by atoms with Crippen LogP contribution < -0.4 is 4.72 Å². The maximum absolute atomic E-state index is 12.8. The first-order valence-electron chi connectivity index (χ1n) is 8.57. The monoisotopic (exact) mass is 397 g/mol. The van der Waals surface area contributed by atoms with E-state index in [4.69, 9.17) is 4.42 Å². The number of para-hydroxylation sites is 1. The Labute approximate surface area is 164 Å². The van der Waals surface area contributed by atoms with E-state index in [1.165, 1.54) is 5.56 Å². The van der Waals surface area contributed by atoms with Gasteiger partial charge in [0.2, 0.25) is 0 Å². The molecule has 0 aliphatic rings. The molecule has 0 spiro atoms. The minimum atomic E-state index is -1.47. The second-order valence-corrected chi connectivity index (χ2v) is 8.46. The number of aryl methyl sites for hydroxylation is 2. The smallest absolute Gasteiger partial charge is 0.339 e. The third-order valence-electron chi connectivity index (χ3n) is 4.13. The first-order valence-corrected chi connectivity index (χ1v) is 10.7. The van der Waals surface area contributed by atoms with E-state index in [0.717, 1.165) is 39.3 Å². The molecule has 0 fully saturated rings. The Kier molecular flexibility index (Phi) is 5.42. The molecular weight excluding hydrogens is 378 g/mol.